The number of hydrogen-bond acceptors (Lipinski definition) is 6. The molecule has 6 nitrogen and oxygen atoms in total. The van der Waals surface area contributed by atoms with E-state index >= 15 is 0 Å². The predicted molar refractivity (Wildman–Crippen MR) is 89.4 cm³/mol. The Morgan fingerprint density at radius 2 is 1.00 bits per heavy atom. The summed E-state index contributed by atoms with van der Waals surface area (Å²) in [4.78, 5) is 25.8. The Balaban J connectivity index is 2.21. The molecular weight excluding hydrogens is 308 g/mol. The molecule has 4 rings (SSSR count). The molecule has 0 saturated carbocycles. The van der Waals surface area contributed by atoms with Gasteiger partial charge in [-0.05, 0) is 12.1 Å². The molecule has 1 aliphatic carbocycles. The van der Waals surface area contributed by atoms with Gasteiger partial charge in [-0.15, -0.1) is 0 Å². The first-order chi connectivity index (χ1) is 11.4. The zero-order chi connectivity index (χ0) is 17.2. The Hall–Kier alpha value is -3.54. The fourth-order valence-electron chi connectivity index (χ4n) is 3.25. The number of carbonyl (C=O) groups excluding carboxylic acids is 2. The lowest BCUT2D eigenvalue weighted by atomic mass is 9.80. The maximum Gasteiger partial charge on any atom is 0.200 e. The quantitative estimate of drug-likeness (QED) is 0.223. The third kappa shape index (κ3) is 1.54. The molecule has 24 heavy (non-hydrogen) atoms. The van der Waals surface area contributed by atoms with Crippen LogP contribution in [0.1, 0.15) is 31.8 Å². The Labute approximate surface area is 135 Å². The third-order valence-corrected chi connectivity index (χ3v) is 4.37. The Bertz CT molecular complexity index is 1000. The molecule has 0 spiro atoms. The number of fused-ring (bicyclic) bond motifs is 3. The maximum absolute atomic E-state index is 12.9. The summed E-state index contributed by atoms with van der Waals surface area (Å²) in [5, 5.41) is 21.1. The van der Waals surface area contributed by atoms with Crippen molar-refractivity contribution in [3.63, 3.8) is 0 Å². The van der Waals surface area contributed by atoms with Gasteiger partial charge >= 0.3 is 0 Å². The molecule has 3 aromatic carbocycles. The fraction of sp³-hybridized carbons (Fsp3) is 0. The standard InChI is InChI=1S/C18H12N2O4/c19-15-7-3-1-2-4-8(7)16(20)14-13(15)17(23)11-9(21)5-6-10(22)12(11)18(14)24/h1-6,21-22H,19-20H2. The molecule has 0 fully saturated rings. The molecule has 0 aromatic heterocycles. The molecule has 0 saturated heterocycles. The summed E-state index contributed by atoms with van der Waals surface area (Å²) in [6.07, 6.45) is 0. The zero-order valence-electron chi connectivity index (χ0n) is 12.3. The summed E-state index contributed by atoms with van der Waals surface area (Å²) >= 11 is 0. The number of anilines is 2. The van der Waals surface area contributed by atoms with Crippen LogP contribution in [-0.2, 0) is 0 Å². The highest BCUT2D eigenvalue weighted by Crippen LogP contribution is 2.44. The number of carbonyl (C=O) groups is 2. The van der Waals surface area contributed by atoms with Gasteiger partial charge in [-0.25, -0.2) is 0 Å². The highest BCUT2D eigenvalue weighted by Gasteiger charge is 2.38. The lowest BCUT2D eigenvalue weighted by molar-refractivity contribution is 0.0975. The van der Waals surface area contributed by atoms with E-state index in [1.807, 2.05) is 0 Å². The summed E-state index contributed by atoms with van der Waals surface area (Å²) in [7, 11) is 0. The lowest BCUT2D eigenvalue weighted by Crippen LogP contribution is -2.24. The second-order valence-corrected chi connectivity index (χ2v) is 5.63. The lowest BCUT2D eigenvalue weighted by Gasteiger charge is -2.23. The first-order valence-corrected chi connectivity index (χ1v) is 7.17. The van der Waals surface area contributed by atoms with E-state index in [2.05, 4.69) is 0 Å². The summed E-state index contributed by atoms with van der Waals surface area (Å²) in [5.41, 5.74) is 11.9. The topological polar surface area (TPSA) is 127 Å². The maximum atomic E-state index is 12.9. The number of benzene rings is 3. The van der Waals surface area contributed by atoms with E-state index in [0.717, 1.165) is 12.1 Å². The molecule has 118 valence electrons. The minimum Gasteiger partial charge on any atom is -0.507 e. The van der Waals surface area contributed by atoms with Gasteiger partial charge in [0.05, 0.1) is 33.6 Å². The van der Waals surface area contributed by atoms with Crippen molar-refractivity contribution in [1.82, 2.24) is 0 Å². The van der Waals surface area contributed by atoms with Gasteiger partial charge in [-0.1, -0.05) is 24.3 Å². The highest BCUT2D eigenvalue weighted by molar-refractivity contribution is 6.36. The number of nitrogens with two attached hydrogens (primary N) is 2. The van der Waals surface area contributed by atoms with E-state index in [0.29, 0.717) is 10.8 Å². The first-order valence-electron chi connectivity index (χ1n) is 7.17. The smallest absolute Gasteiger partial charge is 0.200 e. The van der Waals surface area contributed by atoms with Crippen LogP contribution >= 0.6 is 0 Å². The van der Waals surface area contributed by atoms with Gasteiger partial charge in [0, 0.05) is 10.8 Å². The SMILES string of the molecule is Nc1c2c(c(N)c3ccccc13)C(=O)c1c(O)ccc(O)c1C2=O. The Kier molecular flexibility index (Phi) is 2.63. The Morgan fingerprint density at radius 1 is 0.625 bits per heavy atom. The molecule has 3 aromatic rings. The average Bonchev–Trinajstić information content (AvgIpc) is 2.58. The number of nitrogen functional groups attached to an aromatic ring is 2. The molecular formula is C18H12N2O4. The van der Waals surface area contributed by atoms with Crippen LogP contribution in [0.3, 0.4) is 0 Å². The van der Waals surface area contributed by atoms with Crippen LogP contribution in [0.25, 0.3) is 10.8 Å². The van der Waals surface area contributed by atoms with Crippen LogP contribution in [-0.4, -0.2) is 21.8 Å². The number of hydrogen-bond donors (Lipinski definition) is 4. The van der Waals surface area contributed by atoms with Crippen LogP contribution in [0.5, 0.6) is 11.5 Å². The van der Waals surface area contributed by atoms with Crippen molar-refractivity contribution < 1.29 is 19.8 Å². The molecule has 0 amide bonds. The molecule has 6 heteroatoms. The number of phenols is 2. The van der Waals surface area contributed by atoms with E-state index < -0.39 is 23.1 Å². The van der Waals surface area contributed by atoms with E-state index in [4.69, 9.17) is 11.5 Å². The predicted octanol–water partition coefficient (Wildman–Crippen LogP) is 2.19. The van der Waals surface area contributed by atoms with Crippen LogP contribution in [0.15, 0.2) is 36.4 Å². The van der Waals surface area contributed by atoms with Gasteiger partial charge < -0.3 is 21.7 Å². The average molecular weight is 320 g/mol. The van der Waals surface area contributed by atoms with E-state index in [9.17, 15) is 19.8 Å². The van der Waals surface area contributed by atoms with Crippen LogP contribution < -0.4 is 11.5 Å². The monoisotopic (exact) mass is 320 g/mol. The van der Waals surface area contributed by atoms with Gasteiger partial charge in [-0.3, -0.25) is 9.59 Å². The molecule has 0 aliphatic heterocycles. The summed E-state index contributed by atoms with van der Waals surface area (Å²) < 4.78 is 0. The fourth-order valence-corrected chi connectivity index (χ4v) is 3.25. The van der Waals surface area contributed by atoms with Gasteiger partial charge in [-0.2, -0.15) is 0 Å². The van der Waals surface area contributed by atoms with E-state index in [1.165, 1.54) is 0 Å². The molecule has 0 atom stereocenters. The summed E-state index contributed by atoms with van der Waals surface area (Å²) in [6.45, 7) is 0. The highest BCUT2D eigenvalue weighted by atomic mass is 16.3. The van der Waals surface area contributed by atoms with Crippen LogP contribution in [0.2, 0.25) is 0 Å². The first kappa shape index (κ1) is 14.1. The number of phenolic OH excluding ortho intramolecular Hbond substituents is 2. The van der Waals surface area contributed by atoms with Crippen LogP contribution in [0, 0.1) is 0 Å². The number of ketones is 2. The zero-order valence-corrected chi connectivity index (χ0v) is 12.3. The van der Waals surface area contributed by atoms with Gasteiger partial charge in [0.25, 0.3) is 0 Å². The van der Waals surface area contributed by atoms with Crippen molar-refractivity contribution in [3.8, 4) is 11.5 Å². The largest absolute Gasteiger partial charge is 0.507 e. The molecule has 6 N–H and O–H groups in total. The third-order valence-electron chi connectivity index (χ3n) is 4.37. The van der Waals surface area contributed by atoms with Crippen molar-refractivity contribution in [2.75, 3.05) is 11.5 Å². The second kappa shape index (κ2) is 4.48. The molecule has 0 unspecified atom stereocenters. The number of rotatable bonds is 0. The minimum absolute atomic E-state index is 0.0374. The minimum atomic E-state index is -0.636. The second-order valence-electron chi connectivity index (χ2n) is 5.63. The van der Waals surface area contributed by atoms with Crippen LogP contribution in [0.4, 0.5) is 11.4 Å². The van der Waals surface area contributed by atoms with Crippen molar-refractivity contribution in [2.45, 2.75) is 0 Å². The Morgan fingerprint density at radius 3 is 1.38 bits per heavy atom. The van der Waals surface area contributed by atoms with E-state index in [1.54, 1.807) is 24.3 Å². The summed E-state index contributed by atoms with van der Waals surface area (Å²) in [6, 6.07) is 9.22. The molecule has 0 radical (unpaired) electrons. The molecule has 0 heterocycles. The van der Waals surface area contributed by atoms with Gasteiger partial charge in [0.2, 0.25) is 11.6 Å². The van der Waals surface area contributed by atoms with Crippen molar-refractivity contribution >= 4 is 33.7 Å². The van der Waals surface area contributed by atoms with E-state index in [-0.39, 0.29) is 33.6 Å². The normalized spacial score (nSPS) is 13.0. The van der Waals surface area contributed by atoms with Crippen molar-refractivity contribution in [3.05, 3.63) is 58.7 Å². The molecule has 1 aliphatic rings. The molecule has 0 bridgehead atoms. The summed E-state index contributed by atoms with van der Waals surface area (Å²) in [5.74, 6) is -2.05. The van der Waals surface area contributed by atoms with Crippen molar-refractivity contribution in [1.29, 1.82) is 0 Å². The van der Waals surface area contributed by atoms with Gasteiger partial charge in [0.1, 0.15) is 11.5 Å². The number of aromatic hydroxyl groups is 2. The van der Waals surface area contributed by atoms with Gasteiger partial charge in [0.15, 0.2) is 0 Å². The van der Waals surface area contributed by atoms with Crippen molar-refractivity contribution in [2.24, 2.45) is 0 Å².